The van der Waals surface area contributed by atoms with Gasteiger partial charge in [0, 0.05) is 0 Å². The SMILES string of the molecule is Cc1cccc(Oc2cncc(Cl)n2)c1. The highest BCUT2D eigenvalue weighted by Crippen LogP contribution is 2.20. The van der Waals surface area contributed by atoms with Crippen molar-refractivity contribution in [2.45, 2.75) is 6.92 Å². The van der Waals surface area contributed by atoms with E-state index in [9.17, 15) is 0 Å². The van der Waals surface area contributed by atoms with Crippen molar-refractivity contribution in [1.82, 2.24) is 9.97 Å². The first-order chi connectivity index (χ1) is 7.24. The molecule has 0 fully saturated rings. The van der Waals surface area contributed by atoms with Crippen LogP contribution in [0.5, 0.6) is 11.6 Å². The molecule has 0 amide bonds. The molecule has 0 saturated carbocycles. The lowest BCUT2D eigenvalue weighted by molar-refractivity contribution is 0.460. The Morgan fingerprint density at radius 2 is 2.13 bits per heavy atom. The molecule has 0 unspecified atom stereocenters. The van der Waals surface area contributed by atoms with E-state index in [0.717, 1.165) is 11.3 Å². The van der Waals surface area contributed by atoms with Gasteiger partial charge in [0.25, 0.3) is 0 Å². The third-order valence-electron chi connectivity index (χ3n) is 1.79. The van der Waals surface area contributed by atoms with Crippen molar-refractivity contribution >= 4 is 11.6 Å². The third kappa shape index (κ3) is 2.67. The van der Waals surface area contributed by atoms with Crippen molar-refractivity contribution < 1.29 is 4.74 Å². The highest BCUT2D eigenvalue weighted by molar-refractivity contribution is 6.29. The molecule has 0 N–H and O–H groups in total. The summed E-state index contributed by atoms with van der Waals surface area (Å²) < 4.78 is 5.48. The molecule has 2 rings (SSSR count). The minimum absolute atomic E-state index is 0.320. The van der Waals surface area contributed by atoms with Crippen molar-refractivity contribution in [3.63, 3.8) is 0 Å². The highest BCUT2D eigenvalue weighted by atomic mass is 35.5. The van der Waals surface area contributed by atoms with Crippen LogP contribution in [0.1, 0.15) is 5.56 Å². The molecule has 0 atom stereocenters. The van der Waals surface area contributed by atoms with E-state index in [-0.39, 0.29) is 0 Å². The first-order valence-corrected chi connectivity index (χ1v) is 4.84. The zero-order chi connectivity index (χ0) is 10.7. The van der Waals surface area contributed by atoms with Crippen LogP contribution in [0.4, 0.5) is 0 Å². The second-order valence-electron chi connectivity index (χ2n) is 3.10. The molecule has 0 saturated heterocycles. The summed E-state index contributed by atoms with van der Waals surface area (Å²) in [6.45, 7) is 2.00. The van der Waals surface area contributed by atoms with Crippen LogP contribution in [0.25, 0.3) is 0 Å². The number of hydrogen-bond acceptors (Lipinski definition) is 3. The molecule has 3 nitrogen and oxygen atoms in total. The second-order valence-corrected chi connectivity index (χ2v) is 3.49. The van der Waals surface area contributed by atoms with Gasteiger partial charge in [0.15, 0.2) is 5.15 Å². The molecule has 0 radical (unpaired) electrons. The van der Waals surface area contributed by atoms with Gasteiger partial charge < -0.3 is 4.74 Å². The Labute approximate surface area is 92.7 Å². The van der Waals surface area contributed by atoms with E-state index in [0.29, 0.717) is 11.0 Å². The number of aromatic nitrogens is 2. The predicted octanol–water partition coefficient (Wildman–Crippen LogP) is 3.23. The molecule has 0 aliphatic rings. The smallest absolute Gasteiger partial charge is 0.239 e. The summed E-state index contributed by atoms with van der Waals surface area (Å²) in [4.78, 5) is 7.86. The molecule has 1 aromatic heterocycles. The summed E-state index contributed by atoms with van der Waals surface area (Å²) in [5.41, 5.74) is 1.13. The first-order valence-electron chi connectivity index (χ1n) is 4.46. The molecule has 0 aliphatic heterocycles. The number of rotatable bonds is 2. The monoisotopic (exact) mass is 220 g/mol. The Balaban J connectivity index is 2.22. The summed E-state index contributed by atoms with van der Waals surface area (Å²) in [5.74, 6) is 1.12. The van der Waals surface area contributed by atoms with Crippen molar-refractivity contribution in [3.05, 3.63) is 47.4 Å². The van der Waals surface area contributed by atoms with Gasteiger partial charge >= 0.3 is 0 Å². The molecule has 0 aliphatic carbocycles. The molecular weight excluding hydrogens is 212 g/mol. The van der Waals surface area contributed by atoms with Crippen molar-refractivity contribution in [1.29, 1.82) is 0 Å². The van der Waals surface area contributed by atoms with E-state index < -0.39 is 0 Å². The van der Waals surface area contributed by atoms with Crippen LogP contribution >= 0.6 is 11.6 Å². The van der Waals surface area contributed by atoms with Crippen LogP contribution in [-0.2, 0) is 0 Å². The Hall–Kier alpha value is -1.61. The maximum Gasteiger partial charge on any atom is 0.239 e. The van der Waals surface area contributed by atoms with Crippen LogP contribution < -0.4 is 4.74 Å². The predicted molar refractivity (Wildman–Crippen MR) is 58.3 cm³/mol. The zero-order valence-electron chi connectivity index (χ0n) is 8.14. The van der Waals surface area contributed by atoms with Gasteiger partial charge in [-0.2, -0.15) is 4.98 Å². The van der Waals surface area contributed by atoms with E-state index in [4.69, 9.17) is 16.3 Å². The van der Waals surface area contributed by atoms with Gasteiger partial charge in [-0.15, -0.1) is 0 Å². The molecule has 0 spiro atoms. The van der Waals surface area contributed by atoms with Gasteiger partial charge in [0.1, 0.15) is 5.75 Å². The lowest BCUT2D eigenvalue weighted by atomic mass is 10.2. The fourth-order valence-electron chi connectivity index (χ4n) is 1.17. The summed E-state index contributed by atoms with van der Waals surface area (Å²) >= 11 is 5.69. The van der Waals surface area contributed by atoms with Gasteiger partial charge in [0.05, 0.1) is 12.4 Å². The third-order valence-corrected chi connectivity index (χ3v) is 1.98. The van der Waals surface area contributed by atoms with Crippen LogP contribution in [0.15, 0.2) is 36.7 Å². The molecule has 15 heavy (non-hydrogen) atoms. The standard InChI is InChI=1S/C11H9ClN2O/c1-8-3-2-4-9(5-8)15-11-7-13-6-10(12)14-11/h2-7H,1H3. The lowest BCUT2D eigenvalue weighted by Crippen LogP contribution is -1.89. The number of ether oxygens (including phenoxy) is 1. The summed E-state index contributed by atoms with van der Waals surface area (Å²) in [5, 5.41) is 0.320. The average molecular weight is 221 g/mol. The maximum absolute atomic E-state index is 5.69. The molecule has 76 valence electrons. The Morgan fingerprint density at radius 3 is 2.87 bits per heavy atom. The second kappa shape index (κ2) is 4.28. The van der Waals surface area contributed by atoms with E-state index in [1.54, 1.807) is 0 Å². The van der Waals surface area contributed by atoms with Gasteiger partial charge in [0.2, 0.25) is 5.88 Å². The summed E-state index contributed by atoms with van der Waals surface area (Å²) in [7, 11) is 0. The van der Waals surface area contributed by atoms with Crippen LogP contribution in [0.3, 0.4) is 0 Å². The van der Waals surface area contributed by atoms with Gasteiger partial charge in [-0.25, -0.2) is 0 Å². The minimum atomic E-state index is 0.320. The minimum Gasteiger partial charge on any atom is -0.437 e. The molecule has 2 aromatic rings. The Bertz CT molecular complexity index is 430. The molecular formula is C11H9ClN2O. The average Bonchev–Trinajstić information content (AvgIpc) is 2.17. The number of benzene rings is 1. The van der Waals surface area contributed by atoms with Gasteiger partial charge in [-0.05, 0) is 24.6 Å². The van der Waals surface area contributed by atoms with Gasteiger partial charge in [-0.1, -0.05) is 23.7 Å². The van der Waals surface area contributed by atoms with Crippen molar-refractivity contribution in [2.75, 3.05) is 0 Å². The fourth-order valence-corrected chi connectivity index (χ4v) is 1.31. The van der Waals surface area contributed by atoms with E-state index in [2.05, 4.69) is 9.97 Å². The van der Waals surface area contributed by atoms with Crippen LogP contribution in [0, 0.1) is 6.92 Å². The van der Waals surface area contributed by atoms with E-state index in [1.165, 1.54) is 12.4 Å². The number of halogens is 1. The maximum atomic E-state index is 5.69. The molecule has 1 heterocycles. The van der Waals surface area contributed by atoms with Crippen LogP contribution in [0.2, 0.25) is 5.15 Å². The summed E-state index contributed by atoms with van der Waals surface area (Å²) in [6.07, 6.45) is 2.98. The largest absolute Gasteiger partial charge is 0.437 e. The van der Waals surface area contributed by atoms with E-state index in [1.807, 2.05) is 31.2 Å². The zero-order valence-corrected chi connectivity index (χ0v) is 8.90. The first kappa shape index (κ1) is 9.93. The van der Waals surface area contributed by atoms with Crippen molar-refractivity contribution in [3.8, 4) is 11.6 Å². The molecule has 1 aromatic carbocycles. The lowest BCUT2D eigenvalue weighted by Gasteiger charge is -2.04. The Kier molecular flexibility index (Phi) is 2.83. The fraction of sp³-hybridized carbons (Fsp3) is 0.0909. The summed E-state index contributed by atoms with van der Waals surface area (Å²) in [6, 6.07) is 7.69. The van der Waals surface area contributed by atoms with Crippen LogP contribution in [-0.4, -0.2) is 9.97 Å². The molecule has 4 heteroatoms. The highest BCUT2D eigenvalue weighted by Gasteiger charge is 1.99. The topological polar surface area (TPSA) is 35.0 Å². The molecule has 0 bridgehead atoms. The van der Waals surface area contributed by atoms with Gasteiger partial charge in [-0.3, -0.25) is 4.98 Å². The van der Waals surface area contributed by atoms with Crippen molar-refractivity contribution in [2.24, 2.45) is 0 Å². The number of hydrogen-bond donors (Lipinski definition) is 0. The number of nitrogens with zero attached hydrogens (tertiary/aromatic N) is 2. The number of aryl methyl sites for hydroxylation is 1. The Morgan fingerprint density at radius 1 is 1.27 bits per heavy atom. The van der Waals surface area contributed by atoms with E-state index >= 15 is 0 Å². The normalized spacial score (nSPS) is 10.0. The quantitative estimate of drug-likeness (QED) is 0.780.